The molecule has 0 radical (unpaired) electrons. The van der Waals surface area contributed by atoms with Gasteiger partial charge in [-0.15, -0.1) is 0 Å². The molecular weight excluding hydrogens is 510 g/mol. The summed E-state index contributed by atoms with van der Waals surface area (Å²) in [5.74, 6) is 1.79. The number of rotatable bonds is 10. The number of pyridine rings is 1. The third-order valence-electron chi connectivity index (χ3n) is 6.86. The van der Waals surface area contributed by atoms with Gasteiger partial charge in [-0.25, -0.2) is 0 Å². The fourth-order valence-electron chi connectivity index (χ4n) is 5.02. The number of nitrogens with one attached hydrogen (secondary N) is 3. The van der Waals surface area contributed by atoms with E-state index in [4.69, 9.17) is 13.9 Å². The van der Waals surface area contributed by atoms with Gasteiger partial charge in [-0.2, -0.15) is 4.98 Å². The van der Waals surface area contributed by atoms with Crippen LogP contribution in [0.2, 0.25) is 0 Å². The number of ether oxygens (including phenoxy) is 2. The smallest absolute Gasteiger partial charge is 0.255 e. The molecule has 1 unspecified atom stereocenters. The van der Waals surface area contributed by atoms with Crippen LogP contribution in [0, 0.1) is 6.92 Å². The van der Waals surface area contributed by atoms with E-state index in [2.05, 4.69) is 25.8 Å². The molecule has 1 saturated heterocycles. The molecule has 40 heavy (non-hydrogen) atoms. The Morgan fingerprint density at radius 3 is 2.75 bits per heavy atom. The van der Waals surface area contributed by atoms with Crippen molar-refractivity contribution >= 4 is 40.0 Å². The van der Waals surface area contributed by atoms with Crippen LogP contribution in [-0.2, 0) is 9.53 Å². The minimum absolute atomic E-state index is 0.0557. The van der Waals surface area contributed by atoms with Crippen molar-refractivity contribution in [3.8, 4) is 11.6 Å². The Bertz CT molecular complexity index is 1520. The number of carbonyl (C=O) groups is 2. The normalized spacial score (nSPS) is 15.2. The Labute approximate surface area is 232 Å². The SMILES string of the molecule is CNC(=O)c1c(C)oc2cc(Oc3cccc(Nc4cccc(NC(=O)CN5CCCC5COC)c4)n3)ccc12. The summed E-state index contributed by atoms with van der Waals surface area (Å²) in [6.07, 6.45) is 2.12. The van der Waals surface area contributed by atoms with Crippen molar-refractivity contribution in [2.45, 2.75) is 25.8 Å². The quantitative estimate of drug-likeness (QED) is 0.253. The zero-order valence-electron chi connectivity index (χ0n) is 22.8. The molecular formula is C30H33N5O5. The monoisotopic (exact) mass is 543 g/mol. The molecule has 208 valence electrons. The zero-order valence-corrected chi connectivity index (χ0v) is 22.8. The van der Waals surface area contributed by atoms with E-state index < -0.39 is 0 Å². The second-order valence-electron chi connectivity index (χ2n) is 9.71. The average Bonchev–Trinajstić information content (AvgIpc) is 3.51. The van der Waals surface area contributed by atoms with Crippen molar-refractivity contribution in [3.05, 3.63) is 72.0 Å². The molecule has 2 aromatic heterocycles. The predicted molar refractivity (Wildman–Crippen MR) is 153 cm³/mol. The van der Waals surface area contributed by atoms with Crippen molar-refractivity contribution in [3.63, 3.8) is 0 Å². The Morgan fingerprint density at radius 1 is 1.10 bits per heavy atom. The van der Waals surface area contributed by atoms with E-state index in [0.717, 1.165) is 30.5 Å². The molecule has 4 aromatic rings. The average molecular weight is 544 g/mol. The summed E-state index contributed by atoms with van der Waals surface area (Å²) < 4.78 is 17.1. The third-order valence-corrected chi connectivity index (χ3v) is 6.86. The summed E-state index contributed by atoms with van der Waals surface area (Å²) in [4.78, 5) is 31.6. The first-order valence-corrected chi connectivity index (χ1v) is 13.2. The van der Waals surface area contributed by atoms with Crippen molar-refractivity contribution in [2.75, 3.05) is 44.5 Å². The van der Waals surface area contributed by atoms with Gasteiger partial charge in [0.1, 0.15) is 22.9 Å². The van der Waals surface area contributed by atoms with Gasteiger partial charge < -0.3 is 29.8 Å². The van der Waals surface area contributed by atoms with Crippen molar-refractivity contribution in [1.82, 2.24) is 15.2 Å². The van der Waals surface area contributed by atoms with E-state index in [1.807, 2.05) is 36.4 Å². The van der Waals surface area contributed by atoms with Crippen LogP contribution in [0.3, 0.4) is 0 Å². The van der Waals surface area contributed by atoms with Gasteiger partial charge in [0, 0.05) is 49.1 Å². The first kappa shape index (κ1) is 27.2. The molecule has 2 aromatic carbocycles. The molecule has 1 aliphatic rings. The first-order chi connectivity index (χ1) is 19.4. The van der Waals surface area contributed by atoms with E-state index >= 15 is 0 Å². The van der Waals surface area contributed by atoms with Crippen molar-refractivity contribution in [1.29, 1.82) is 0 Å². The van der Waals surface area contributed by atoms with Gasteiger partial charge in [0.25, 0.3) is 5.91 Å². The second-order valence-corrected chi connectivity index (χ2v) is 9.71. The Balaban J connectivity index is 1.23. The number of methoxy groups -OCH3 is 1. The first-order valence-electron chi connectivity index (χ1n) is 13.2. The van der Waals surface area contributed by atoms with Crippen LogP contribution >= 0.6 is 0 Å². The number of carbonyl (C=O) groups excluding carboxylic acids is 2. The summed E-state index contributed by atoms with van der Waals surface area (Å²) in [6.45, 7) is 3.63. The lowest BCUT2D eigenvalue weighted by Gasteiger charge is -2.23. The number of anilines is 3. The van der Waals surface area contributed by atoms with Gasteiger partial charge >= 0.3 is 0 Å². The highest BCUT2D eigenvalue weighted by atomic mass is 16.5. The Hall–Kier alpha value is -4.41. The number of benzene rings is 2. The lowest BCUT2D eigenvalue weighted by Crippen LogP contribution is -2.38. The number of fused-ring (bicyclic) bond motifs is 1. The van der Waals surface area contributed by atoms with Crippen molar-refractivity contribution < 1.29 is 23.5 Å². The molecule has 10 heteroatoms. The summed E-state index contributed by atoms with van der Waals surface area (Å²) in [5, 5.41) is 9.62. The lowest BCUT2D eigenvalue weighted by molar-refractivity contribution is -0.117. The molecule has 3 N–H and O–H groups in total. The molecule has 0 saturated carbocycles. The van der Waals surface area contributed by atoms with Gasteiger partial charge in [0.2, 0.25) is 11.8 Å². The predicted octanol–water partition coefficient (Wildman–Crippen LogP) is 5.08. The molecule has 0 spiro atoms. The fraction of sp³-hybridized carbons (Fsp3) is 0.300. The molecule has 1 atom stereocenters. The number of hydrogen-bond acceptors (Lipinski definition) is 8. The van der Waals surface area contributed by atoms with Crippen LogP contribution in [0.15, 0.2) is 65.1 Å². The molecule has 0 bridgehead atoms. The second kappa shape index (κ2) is 12.2. The van der Waals surface area contributed by atoms with Gasteiger partial charge in [-0.3, -0.25) is 14.5 Å². The molecule has 5 rings (SSSR count). The maximum Gasteiger partial charge on any atom is 0.255 e. The van der Waals surface area contributed by atoms with E-state index in [1.165, 1.54) is 0 Å². The van der Waals surface area contributed by atoms with Gasteiger partial charge in [0.05, 0.1) is 18.7 Å². The summed E-state index contributed by atoms with van der Waals surface area (Å²) >= 11 is 0. The van der Waals surface area contributed by atoms with E-state index in [1.54, 1.807) is 45.3 Å². The van der Waals surface area contributed by atoms with E-state index in [9.17, 15) is 9.59 Å². The Morgan fingerprint density at radius 2 is 1.93 bits per heavy atom. The van der Waals surface area contributed by atoms with Crippen LogP contribution < -0.4 is 20.7 Å². The number of furan rings is 1. The fourth-order valence-corrected chi connectivity index (χ4v) is 5.02. The van der Waals surface area contributed by atoms with Gasteiger partial charge in [-0.05, 0) is 62.7 Å². The molecule has 2 amide bonds. The minimum Gasteiger partial charge on any atom is -0.460 e. The molecule has 10 nitrogen and oxygen atoms in total. The van der Waals surface area contributed by atoms with Gasteiger partial charge in [-0.1, -0.05) is 12.1 Å². The highest BCUT2D eigenvalue weighted by molar-refractivity contribution is 6.07. The standard InChI is InChI=1S/C30H33N5O5/c1-19-29(30(37)31-2)24-13-12-23(16-25(24)39-19)40-28-11-5-10-26(34-28)32-20-7-4-8-21(15-20)33-27(36)17-35-14-6-9-22(35)18-38-3/h4-5,7-8,10-13,15-16,22H,6,9,14,17-18H2,1-3H3,(H,31,37)(H,32,34)(H,33,36). The topological polar surface area (TPSA) is 118 Å². The van der Waals surface area contributed by atoms with Crippen LogP contribution in [0.4, 0.5) is 17.2 Å². The lowest BCUT2D eigenvalue weighted by atomic mass is 10.1. The minimum atomic E-state index is -0.198. The van der Waals surface area contributed by atoms with Crippen LogP contribution in [-0.4, -0.2) is 61.6 Å². The third kappa shape index (κ3) is 6.24. The molecule has 1 aliphatic heterocycles. The summed E-state index contributed by atoms with van der Waals surface area (Å²) in [7, 11) is 3.28. The van der Waals surface area contributed by atoms with Crippen molar-refractivity contribution in [2.24, 2.45) is 0 Å². The van der Waals surface area contributed by atoms with Crippen LogP contribution in [0.1, 0.15) is 29.0 Å². The number of nitrogens with zero attached hydrogens (tertiary/aromatic N) is 2. The maximum absolute atomic E-state index is 12.7. The van der Waals surface area contributed by atoms with Crippen LogP contribution in [0.5, 0.6) is 11.6 Å². The highest BCUT2D eigenvalue weighted by Gasteiger charge is 2.26. The molecule has 1 fully saturated rings. The van der Waals surface area contributed by atoms with Crippen LogP contribution in [0.25, 0.3) is 11.0 Å². The largest absolute Gasteiger partial charge is 0.460 e. The van der Waals surface area contributed by atoms with E-state index in [0.29, 0.717) is 53.2 Å². The maximum atomic E-state index is 12.7. The number of hydrogen-bond donors (Lipinski definition) is 3. The summed E-state index contributed by atoms with van der Waals surface area (Å²) in [6, 6.07) is 18.5. The Kier molecular flexibility index (Phi) is 8.28. The number of amides is 2. The zero-order chi connectivity index (χ0) is 28.1. The molecule has 3 heterocycles. The number of likely N-dealkylation sites (tertiary alicyclic amines) is 1. The molecule has 0 aliphatic carbocycles. The highest BCUT2D eigenvalue weighted by Crippen LogP contribution is 2.31. The summed E-state index contributed by atoms with van der Waals surface area (Å²) in [5.41, 5.74) is 2.54. The number of aromatic nitrogens is 1. The van der Waals surface area contributed by atoms with Gasteiger partial charge in [0.15, 0.2) is 0 Å². The van der Waals surface area contributed by atoms with E-state index in [-0.39, 0.29) is 17.9 Å². The number of aryl methyl sites for hydroxylation is 1.